The summed E-state index contributed by atoms with van der Waals surface area (Å²) in [6.45, 7) is -1.07. The van der Waals surface area contributed by atoms with Crippen LogP contribution in [0.5, 0.6) is 0 Å². The van der Waals surface area contributed by atoms with Crippen LogP contribution in [0.15, 0.2) is 23.5 Å². The van der Waals surface area contributed by atoms with Crippen molar-refractivity contribution in [1.82, 2.24) is 0 Å². The summed E-state index contributed by atoms with van der Waals surface area (Å²) >= 11 is 0. The standard InChI is InChI=1S/C17H24O11/c1-25-15(24)7-5-26-16(10-6(3-18)2-8(20)11(7)10)28-17-14(23)13(22)12(21)9(4-19)27-17/h2,5,8-14,16-23H,3-4H2,1H3/t8-,9-,10+,11+,12-,13+,14-,16-,17+/m0/s1. The Hall–Kier alpha value is -1.57. The highest BCUT2D eigenvalue weighted by Gasteiger charge is 2.52. The van der Waals surface area contributed by atoms with Crippen LogP contribution in [0, 0.1) is 11.8 Å². The van der Waals surface area contributed by atoms with Crippen molar-refractivity contribution in [3.05, 3.63) is 23.5 Å². The Morgan fingerprint density at radius 2 is 1.79 bits per heavy atom. The summed E-state index contributed by atoms with van der Waals surface area (Å²) in [4.78, 5) is 12.0. The highest BCUT2D eigenvalue weighted by molar-refractivity contribution is 5.89. The van der Waals surface area contributed by atoms with Crippen LogP contribution in [0.3, 0.4) is 0 Å². The highest BCUT2D eigenvalue weighted by atomic mass is 16.8. The molecule has 0 aromatic carbocycles. The third-order valence-corrected chi connectivity index (χ3v) is 5.27. The first-order chi connectivity index (χ1) is 13.3. The normalized spacial score (nSPS) is 42.9. The van der Waals surface area contributed by atoms with Crippen LogP contribution >= 0.6 is 0 Å². The van der Waals surface area contributed by atoms with Crippen molar-refractivity contribution in [1.29, 1.82) is 0 Å². The number of hydrogen-bond acceptors (Lipinski definition) is 11. The van der Waals surface area contributed by atoms with Crippen LogP contribution in [-0.4, -0.2) is 100 Å². The maximum absolute atomic E-state index is 12.0. The van der Waals surface area contributed by atoms with E-state index in [2.05, 4.69) is 0 Å². The number of aliphatic hydroxyl groups is 6. The summed E-state index contributed by atoms with van der Waals surface area (Å²) < 4.78 is 21.1. The fraction of sp³-hybridized carbons (Fsp3) is 0.706. The molecular formula is C17H24O11. The van der Waals surface area contributed by atoms with Crippen molar-refractivity contribution in [2.24, 2.45) is 11.8 Å². The lowest BCUT2D eigenvalue weighted by molar-refractivity contribution is -0.340. The van der Waals surface area contributed by atoms with Crippen molar-refractivity contribution in [2.45, 2.75) is 43.1 Å². The lowest BCUT2D eigenvalue weighted by atomic mass is 9.82. The van der Waals surface area contributed by atoms with Crippen molar-refractivity contribution in [3.63, 3.8) is 0 Å². The first-order valence-electron chi connectivity index (χ1n) is 8.73. The van der Waals surface area contributed by atoms with E-state index < -0.39 is 74.1 Å². The van der Waals surface area contributed by atoms with Gasteiger partial charge < -0.3 is 49.6 Å². The van der Waals surface area contributed by atoms with Gasteiger partial charge in [0.1, 0.15) is 24.4 Å². The van der Waals surface area contributed by atoms with Gasteiger partial charge in [-0.2, -0.15) is 0 Å². The molecule has 0 amide bonds. The Bertz CT molecular complexity index is 645. The van der Waals surface area contributed by atoms with E-state index in [1.165, 1.54) is 13.2 Å². The molecule has 0 saturated carbocycles. The van der Waals surface area contributed by atoms with Gasteiger partial charge in [0.25, 0.3) is 0 Å². The number of aliphatic hydroxyl groups excluding tert-OH is 6. The van der Waals surface area contributed by atoms with Gasteiger partial charge >= 0.3 is 5.97 Å². The molecule has 0 unspecified atom stereocenters. The second kappa shape index (κ2) is 8.43. The van der Waals surface area contributed by atoms with E-state index in [1.807, 2.05) is 0 Å². The lowest BCUT2D eigenvalue weighted by Crippen LogP contribution is -2.60. The number of ether oxygens (including phenoxy) is 4. The van der Waals surface area contributed by atoms with Crippen LogP contribution in [0.2, 0.25) is 0 Å². The maximum Gasteiger partial charge on any atom is 0.337 e. The lowest BCUT2D eigenvalue weighted by Gasteiger charge is -2.43. The zero-order chi connectivity index (χ0) is 20.6. The van der Waals surface area contributed by atoms with Crippen LogP contribution in [0.4, 0.5) is 0 Å². The minimum Gasteiger partial charge on any atom is -0.471 e. The molecule has 1 saturated heterocycles. The zero-order valence-corrected chi connectivity index (χ0v) is 15.0. The molecule has 9 atom stereocenters. The topological polar surface area (TPSA) is 175 Å². The summed E-state index contributed by atoms with van der Waals surface area (Å²) in [7, 11) is 1.18. The number of methoxy groups -OCH3 is 1. The van der Waals surface area contributed by atoms with Gasteiger partial charge in [0.15, 0.2) is 6.29 Å². The van der Waals surface area contributed by atoms with Gasteiger partial charge in [-0.1, -0.05) is 6.08 Å². The number of hydrogen-bond donors (Lipinski definition) is 6. The molecule has 0 aromatic heterocycles. The SMILES string of the molecule is COC(=O)C1=CO[C@@H](O[C@H]2O[C@@H](CO)[C@H](O)[C@@H](O)[C@@H]2O)[C@@H]2C(CO)=C[C@H](O)[C@@H]12. The van der Waals surface area contributed by atoms with Crippen LogP contribution in [-0.2, 0) is 23.7 Å². The van der Waals surface area contributed by atoms with Crippen molar-refractivity contribution in [3.8, 4) is 0 Å². The first-order valence-corrected chi connectivity index (χ1v) is 8.73. The van der Waals surface area contributed by atoms with Crippen molar-refractivity contribution in [2.75, 3.05) is 20.3 Å². The molecule has 0 bridgehead atoms. The molecule has 0 spiro atoms. The molecule has 1 fully saturated rings. The molecule has 0 radical (unpaired) electrons. The van der Waals surface area contributed by atoms with Gasteiger partial charge in [0, 0.05) is 5.92 Å². The van der Waals surface area contributed by atoms with Gasteiger partial charge in [-0.15, -0.1) is 0 Å². The average molecular weight is 404 g/mol. The molecule has 28 heavy (non-hydrogen) atoms. The van der Waals surface area contributed by atoms with Crippen LogP contribution < -0.4 is 0 Å². The molecular weight excluding hydrogens is 380 g/mol. The molecule has 2 aliphatic heterocycles. The molecule has 11 nitrogen and oxygen atoms in total. The van der Waals surface area contributed by atoms with Crippen LogP contribution in [0.1, 0.15) is 0 Å². The second-order valence-corrected chi connectivity index (χ2v) is 6.84. The fourth-order valence-electron chi connectivity index (χ4n) is 3.79. The molecule has 3 aliphatic rings. The minimum absolute atomic E-state index is 0.0494. The summed E-state index contributed by atoms with van der Waals surface area (Å²) in [5.41, 5.74) is 0.398. The van der Waals surface area contributed by atoms with E-state index in [4.69, 9.17) is 18.9 Å². The van der Waals surface area contributed by atoms with Gasteiger partial charge in [-0.3, -0.25) is 0 Å². The molecule has 3 rings (SSSR count). The van der Waals surface area contributed by atoms with E-state index in [0.717, 1.165) is 6.26 Å². The van der Waals surface area contributed by atoms with Crippen LogP contribution in [0.25, 0.3) is 0 Å². The predicted octanol–water partition coefficient (Wildman–Crippen LogP) is -3.26. The van der Waals surface area contributed by atoms with E-state index in [-0.39, 0.29) is 5.57 Å². The van der Waals surface area contributed by atoms with Crippen molar-refractivity contribution >= 4 is 5.97 Å². The van der Waals surface area contributed by atoms with E-state index in [0.29, 0.717) is 5.57 Å². The number of rotatable bonds is 5. The molecule has 0 aromatic rings. The molecule has 11 heteroatoms. The monoisotopic (exact) mass is 404 g/mol. The van der Waals surface area contributed by atoms with E-state index >= 15 is 0 Å². The summed E-state index contributed by atoms with van der Waals surface area (Å²) in [6.07, 6.45) is -7.36. The second-order valence-electron chi connectivity index (χ2n) is 6.84. The smallest absolute Gasteiger partial charge is 0.337 e. The van der Waals surface area contributed by atoms with E-state index in [9.17, 15) is 35.4 Å². The third kappa shape index (κ3) is 3.55. The highest BCUT2D eigenvalue weighted by Crippen LogP contribution is 2.44. The Morgan fingerprint density at radius 3 is 2.39 bits per heavy atom. The predicted molar refractivity (Wildman–Crippen MR) is 88.0 cm³/mol. The van der Waals surface area contributed by atoms with Gasteiger partial charge in [0.05, 0.1) is 44.2 Å². The average Bonchev–Trinajstić information content (AvgIpc) is 3.05. The quantitative estimate of drug-likeness (QED) is 0.200. The maximum atomic E-state index is 12.0. The van der Waals surface area contributed by atoms with Crippen molar-refractivity contribution < 1.29 is 54.4 Å². The first kappa shape index (κ1) is 21.1. The summed E-state index contributed by atoms with van der Waals surface area (Å²) in [5, 5.41) is 59.1. The molecule has 2 heterocycles. The number of fused-ring (bicyclic) bond motifs is 1. The molecule has 6 N–H and O–H groups in total. The Kier molecular flexibility index (Phi) is 6.37. The Morgan fingerprint density at radius 1 is 1.07 bits per heavy atom. The van der Waals surface area contributed by atoms with Gasteiger partial charge in [-0.25, -0.2) is 4.79 Å². The van der Waals surface area contributed by atoms with E-state index in [1.54, 1.807) is 0 Å². The summed E-state index contributed by atoms with van der Waals surface area (Å²) in [6, 6.07) is 0. The fourth-order valence-corrected chi connectivity index (χ4v) is 3.79. The molecule has 1 aliphatic carbocycles. The zero-order valence-electron chi connectivity index (χ0n) is 15.0. The Labute approximate surface area is 160 Å². The minimum atomic E-state index is -1.65. The molecule has 158 valence electrons. The number of esters is 1. The third-order valence-electron chi connectivity index (χ3n) is 5.27. The number of carbonyl (C=O) groups excluding carboxylic acids is 1. The summed E-state index contributed by atoms with van der Waals surface area (Å²) in [5.74, 6) is -2.34. The largest absolute Gasteiger partial charge is 0.471 e. The van der Waals surface area contributed by atoms with Gasteiger partial charge in [-0.05, 0) is 5.57 Å². The number of carbonyl (C=O) groups is 1. The Balaban J connectivity index is 1.84. The van der Waals surface area contributed by atoms with Gasteiger partial charge in [0.2, 0.25) is 6.29 Å².